The van der Waals surface area contributed by atoms with E-state index >= 15 is 0 Å². The van der Waals surface area contributed by atoms with Crippen molar-refractivity contribution in [2.24, 2.45) is 0 Å². The van der Waals surface area contributed by atoms with Crippen molar-refractivity contribution in [2.75, 3.05) is 6.61 Å². The molecule has 2 atom stereocenters. The van der Waals surface area contributed by atoms with Crippen LogP contribution in [0.1, 0.15) is 27.4 Å². The fourth-order valence-corrected chi connectivity index (χ4v) is 3.18. The summed E-state index contributed by atoms with van der Waals surface area (Å²) in [6.45, 7) is 0.461. The van der Waals surface area contributed by atoms with Crippen LogP contribution in [0.5, 0.6) is 0 Å². The molecule has 1 fully saturated rings. The number of carbonyl (C=O) groups is 1. The normalized spacial score (nSPS) is 27.4. The summed E-state index contributed by atoms with van der Waals surface area (Å²) >= 11 is 0. The van der Waals surface area contributed by atoms with Gasteiger partial charge in [0.1, 0.15) is 5.82 Å². The van der Waals surface area contributed by atoms with Crippen LogP contribution < -0.4 is 0 Å². The standard InChI is InChI=1S/C17H13FO2/c18-13-7-5-11(6-8-13)15-9-12-3-1-2-4-14(12)16(19)17(15)10-20-17/h1-8,15H,9-10H2. The number of carbonyl (C=O) groups excluding carboxylic acids is 1. The molecule has 100 valence electrons. The molecule has 2 aromatic carbocycles. The van der Waals surface area contributed by atoms with Crippen molar-refractivity contribution >= 4 is 5.78 Å². The summed E-state index contributed by atoms with van der Waals surface area (Å²) in [5.74, 6) is -0.221. The van der Waals surface area contributed by atoms with Crippen LogP contribution in [0.15, 0.2) is 48.5 Å². The molecule has 20 heavy (non-hydrogen) atoms. The molecule has 4 rings (SSSR count). The first-order valence-corrected chi connectivity index (χ1v) is 6.73. The molecule has 2 aromatic rings. The van der Waals surface area contributed by atoms with Gasteiger partial charge in [-0.05, 0) is 29.7 Å². The zero-order chi connectivity index (χ0) is 13.7. The van der Waals surface area contributed by atoms with Crippen molar-refractivity contribution in [2.45, 2.75) is 17.9 Å². The van der Waals surface area contributed by atoms with Crippen molar-refractivity contribution in [3.8, 4) is 0 Å². The van der Waals surface area contributed by atoms with Gasteiger partial charge in [0.05, 0.1) is 6.61 Å². The second kappa shape index (κ2) is 4.00. The number of ether oxygens (including phenoxy) is 1. The maximum Gasteiger partial charge on any atom is 0.197 e. The number of hydrogen-bond donors (Lipinski definition) is 0. The summed E-state index contributed by atoms with van der Waals surface area (Å²) in [4.78, 5) is 12.7. The third-order valence-corrected chi connectivity index (χ3v) is 4.36. The van der Waals surface area contributed by atoms with Gasteiger partial charge in [-0.2, -0.15) is 0 Å². The van der Waals surface area contributed by atoms with E-state index in [-0.39, 0.29) is 17.5 Å². The van der Waals surface area contributed by atoms with Crippen LogP contribution in [0.25, 0.3) is 0 Å². The number of ketones is 1. The minimum Gasteiger partial charge on any atom is -0.360 e. The smallest absolute Gasteiger partial charge is 0.197 e. The molecular weight excluding hydrogens is 255 g/mol. The largest absolute Gasteiger partial charge is 0.360 e. The molecule has 2 nitrogen and oxygen atoms in total. The molecule has 1 aliphatic carbocycles. The number of rotatable bonds is 1. The highest BCUT2D eigenvalue weighted by Gasteiger charge is 2.60. The van der Waals surface area contributed by atoms with Gasteiger partial charge in [-0.25, -0.2) is 4.39 Å². The average molecular weight is 268 g/mol. The van der Waals surface area contributed by atoms with E-state index in [9.17, 15) is 9.18 Å². The predicted molar refractivity (Wildman–Crippen MR) is 72.3 cm³/mol. The molecule has 2 aliphatic rings. The third kappa shape index (κ3) is 1.56. The van der Waals surface area contributed by atoms with E-state index < -0.39 is 5.60 Å². The Bertz CT molecular complexity index is 686. The van der Waals surface area contributed by atoms with Gasteiger partial charge in [0.15, 0.2) is 11.4 Å². The summed E-state index contributed by atoms with van der Waals surface area (Å²) in [5, 5.41) is 0. The van der Waals surface area contributed by atoms with Gasteiger partial charge in [-0.3, -0.25) is 4.79 Å². The Labute approximate surface area is 116 Å². The first kappa shape index (κ1) is 11.8. The van der Waals surface area contributed by atoms with E-state index in [1.54, 1.807) is 12.1 Å². The lowest BCUT2D eigenvalue weighted by Crippen LogP contribution is -2.38. The molecule has 3 heteroatoms. The zero-order valence-electron chi connectivity index (χ0n) is 10.8. The molecule has 0 bridgehead atoms. The number of benzene rings is 2. The van der Waals surface area contributed by atoms with Crippen LogP contribution in [-0.4, -0.2) is 18.0 Å². The Morgan fingerprint density at radius 2 is 1.80 bits per heavy atom. The maximum absolute atomic E-state index is 13.1. The maximum atomic E-state index is 13.1. The van der Waals surface area contributed by atoms with Gasteiger partial charge in [-0.15, -0.1) is 0 Å². The lowest BCUT2D eigenvalue weighted by atomic mass is 9.72. The summed E-state index contributed by atoms with van der Waals surface area (Å²) in [7, 11) is 0. The minimum absolute atomic E-state index is 0.0227. The van der Waals surface area contributed by atoms with Crippen LogP contribution in [0, 0.1) is 5.82 Å². The zero-order valence-corrected chi connectivity index (χ0v) is 10.8. The van der Waals surface area contributed by atoms with E-state index in [4.69, 9.17) is 4.74 Å². The molecule has 1 spiro atoms. The Balaban J connectivity index is 1.82. The summed E-state index contributed by atoms with van der Waals surface area (Å²) in [6.07, 6.45) is 0.757. The highest BCUT2D eigenvalue weighted by atomic mass is 19.1. The second-order valence-corrected chi connectivity index (χ2v) is 5.47. The number of epoxide rings is 1. The van der Waals surface area contributed by atoms with Gasteiger partial charge in [-0.1, -0.05) is 36.4 Å². The topological polar surface area (TPSA) is 29.6 Å². The molecule has 1 saturated heterocycles. The number of halogens is 1. The monoisotopic (exact) mass is 268 g/mol. The Morgan fingerprint density at radius 3 is 2.50 bits per heavy atom. The van der Waals surface area contributed by atoms with E-state index in [0.717, 1.165) is 23.1 Å². The Morgan fingerprint density at radius 1 is 1.10 bits per heavy atom. The molecule has 2 unspecified atom stereocenters. The number of fused-ring (bicyclic) bond motifs is 1. The van der Waals surface area contributed by atoms with Crippen molar-refractivity contribution in [3.05, 3.63) is 71.0 Å². The SMILES string of the molecule is O=C1c2ccccc2CC(c2ccc(F)cc2)C12CO2. The molecule has 0 N–H and O–H groups in total. The molecule has 1 aliphatic heterocycles. The Kier molecular flexibility index (Phi) is 2.36. The summed E-state index contributed by atoms with van der Waals surface area (Å²) < 4.78 is 18.6. The van der Waals surface area contributed by atoms with Crippen molar-refractivity contribution in [1.82, 2.24) is 0 Å². The third-order valence-electron chi connectivity index (χ3n) is 4.36. The van der Waals surface area contributed by atoms with Crippen molar-refractivity contribution < 1.29 is 13.9 Å². The molecule has 0 amide bonds. The highest BCUT2D eigenvalue weighted by Crippen LogP contribution is 2.49. The van der Waals surface area contributed by atoms with E-state index in [1.807, 2.05) is 24.3 Å². The molecule has 1 heterocycles. The summed E-state index contributed by atoms with van der Waals surface area (Å²) in [6, 6.07) is 14.1. The van der Waals surface area contributed by atoms with Gasteiger partial charge in [0, 0.05) is 11.5 Å². The van der Waals surface area contributed by atoms with Gasteiger partial charge < -0.3 is 4.74 Å². The number of Topliss-reactive ketones (excluding diaryl/α,β-unsaturated/α-hetero) is 1. The van der Waals surface area contributed by atoms with E-state index in [2.05, 4.69) is 0 Å². The van der Waals surface area contributed by atoms with Gasteiger partial charge in [0.2, 0.25) is 0 Å². The van der Waals surface area contributed by atoms with Crippen molar-refractivity contribution in [3.63, 3.8) is 0 Å². The van der Waals surface area contributed by atoms with Gasteiger partial charge in [0.25, 0.3) is 0 Å². The molecule has 0 radical (unpaired) electrons. The fourth-order valence-electron chi connectivity index (χ4n) is 3.18. The fraction of sp³-hybridized carbons (Fsp3) is 0.235. The molecule has 0 saturated carbocycles. The average Bonchev–Trinajstić information content (AvgIpc) is 3.26. The summed E-state index contributed by atoms with van der Waals surface area (Å²) in [5.41, 5.74) is 2.06. The lowest BCUT2D eigenvalue weighted by molar-refractivity contribution is 0.0825. The van der Waals surface area contributed by atoms with Crippen LogP contribution in [0.4, 0.5) is 4.39 Å². The predicted octanol–water partition coefficient (Wildman–Crippen LogP) is 3.12. The van der Waals surface area contributed by atoms with Crippen LogP contribution in [-0.2, 0) is 11.2 Å². The lowest BCUT2D eigenvalue weighted by Gasteiger charge is -2.30. The number of hydrogen-bond acceptors (Lipinski definition) is 2. The Hall–Kier alpha value is -2.00. The molecular formula is C17H13FO2. The van der Waals surface area contributed by atoms with Crippen molar-refractivity contribution in [1.29, 1.82) is 0 Å². The first-order valence-electron chi connectivity index (χ1n) is 6.73. The van der Waals surface area contributed by atoms with Crippen LogP contribution >= 0.6 is 0 Å². The quantitative estimate of drug-likeness (QED) is 0.744. The molecule has 0 aromatic heterocycles. The highest BCUT2D eigenvalue weighted by molar-refractivity contribution is 6.07. The minimum atomic E-state index is -0.716. The first-order chi connectivity index (χ1) is 9.71. The van der Waals surface area contributed by atoms with Gasteiger partial charge >= 0.3 is 0 Å². The van der Waals surface area contributed by atoms with Crippen LogP contribution in [0.3, 0.4) is 0 Å². The van der Waals surface area contributed by atoms with Crippen LogP contribution in [0.2, 0.25) is 0 Å². The second-order valence-electron chi connectivity index (χ2n) is 5.47. The van der Waals surface area contributed by atoms with E-state index in [0.29, 0.717) is 6.61 Å². The van der Waals surface area contributed by atoms with E-state index in [1.165, 1.54) is 12.1 Å².